The van der Waals surface area contributed by atoms with Crippen LogP contribution in [0.5, 0.6) is 5.75 Å². The number of para-hydroxylation sites is 2. The summed E-state index contributed by atoms with van der Waals surface area (Å²) in [4.78, 5) is 6.24. The molecule has 0 aliphatic carbocycles. The van der Waals surface area contributed by atoms with Gasteiger partial charge in [0.25, 0.3) is 0 Å². The molecule has 0 spiro atoms. The Hall–Kier alpha value is -2.03. The van der Waals surface area contributed by atoms with Crippen molar-refractivity contribution < 1.29 is 9.13 Å². The highest BCUT2D eigenvalue weighted by Crippen LogP contribution is 2.23. The summed E-state index contributed by atoms with van der Waals surface area (Å²) in [7, 11) is 1.59. The monoisotopic (exact) mass is 472 g/mol. The van der Waals surface area contributed by atoms with Gasteiger partial charge in [0.05, 0.1) is 25.0 Å². The van der Waals surface area contributed by atoms with Crippen LogP contribution in [0, 0.1) is 5.82 Å². The minimum atomic E-state index is -0.243. The number of nitrogens with two attached hydrogens (primary N) is 1. The van der Waals surface area contributed by atoms with E-state index >= 15 is 0 Å². The van der Waals surface area contributed by atoms with Crippen molar-refractivity contribution in [2.24, 2.45) is 10.7 Å². The third kappa shape index (κ3) is 5.76. The number of hydrogen-bond acceptors (Lipinski definition) is 3. The molecule has 0 saturated carbocycles. The van der Waals surface area contributed by atoms with Crippen molar-refractivity contribution in [3.63, 3.8) is 0 Å². The number of nitrogens with zero attached hydrogens (tertiary/aromatic N) is 2. The quantitative estimate of drug-likeness (QED) is 0.360. The van der Waals surface area contributed by atoms with Gasteiger partial charge in [-0.25, -0.2) is 9.38 Å². The van der Waals surface area contributed by atoms with Gasteiger partial charge in [0.15, 0.2) is 5.96 Å². The Morgan fingerprint density at radius 1 is 1.19 bits per heavy atom. The average Bonchev–Trinajstić information content (AvgIpc) is 2.63. The SMILES string of the molecule is CCN(CC)c1ccc(CN=C(N)Nc2ccccc2OC)cc1F.I. The van der Waals surface area contributed by atoms with E-state index in [1.165, 1.54) is 6.07 Å². The smallest absolute Gasteiger partial charge is 0.193 e. The molecule has 2 rings (SSSR count). The van der Waals surface area contributed by atoms with Crippen molar-refractivity contribution in [2.75, 3.05) is 30.4 Å². The summed E-state index contributed by atoms with van der Waals surface area (Å²) < 4.78 is 19.5. The third-order valence-electron chi connectivity index (χ3n) is 3.92. The van der Waals surface area contributed by atoms with Crippen molar-refractivity contribution >= 4 is 41.3 Å². The van der Waals surface area contributed by atoms with E-state index in [2.05, 4.69) is 10.3 Å². The highest BCUT2D eigenvalue weighted by atomic mass is 127. The fourth-order valence-electron chi connectivity index (χ4n) is 2.57. The highest BCUT2D eigenvalue weighted by Gasteiger charge is 2.09. The van der Waals surface area contributed by atoms with Gasteiger partial charge in [-0.1, -0.05) is 18.2 Å². The molecular formula is C19H26FIN4O. The van der Waals surface area contributed by atoms with E-state index in [9.17, 15) is 4.39 Å². The molecular weight excluding hydrogens is 446 g/mol. The Labute approximate surface area is 171 Å². The highest BCUT2D eigenvalue weighted by molar-refractivity contribution is 14.0. The van der Waals surface area contributed by atoms with Crippen LogP contribution in [0.25, 0.3) is 0 Å². The van der Waals surface area contributed by atoms with Gasteiger partial charge < -0.3 is 20.7 Å². The van der Waals surface area contributed by atoms with E-state index in [1.807, 2.05) is 49.1 Å². The Morgan fingerprint density at radius 3 is 2.50 bits per heavy atom. The molecule has 0 saturated heterocycles. The molecule has 26 heavy (non-hydrogen) atoms. The van der Waals surface area contributed by atoms with Crippen LogP contribution in [-0.4, -0.2) is 26.2 Å². The summed E-state index contributed by atoms with van der Waals surface area (Å²) in [5, 5.41) is 2.99. The summed E-state index contributed by atoms with van der Waals surface area (Å²) >= 11 is 0. The van der Waals surface area contributed by atoms with E-state index in [1.54, 1.807) is 13.2 Å². The van der Waals surface area contributed by atoms with E-state index in [0.717, 1.165) is 24.3 Å². The van der Waals surface area contributed by atoms with Crippen LogP contribution in [0.1, 0.15) is 19.4 Å². The van der Waals surface area contributed by atoms with Gasteiger partial charge >= 0.3 is 0 Å². The largest absolute Gasteiger partial charge is 0.495 e. The van der Waals surface area contributed by atoms with E-state index in [4.69, 9.17) is 10.5 Å². The topological polar surface area (TPSA) is 62.9 Å². The normalized spacial score (nSPS) is 10.8. The molecule has 0 heterocycles. The summed E-state index contributed by atoms with van der Waals surface area (Å²) in [6, 6.07) is 12.6. The first kappa shape index (κ1) is 22.0. The first-order chi connectivity index (χ1) is 12.1. The number of nitrogens with one attached hydrogen (secondary N) is 1. The van der Waals surface area contributed by atoms with Crippen LogP contribution in [0.15, 0.2) is 47.5 Å². The Balaban J connectivity index is 0.00000338. The second-order valence-corrected chi connectivity index (χ2v) is 5.48. The van der Waals surface area contributed by atoms with Crippen LogP contribution in [-0.2, 0) is 6.54 Å². The molecule has 7 heteroatoms. The zero-order chi connectivity index (χ0) is 18.2. The number of benzene rings is 2. The predicted molar refractivity (Wildman–Crippen MR) is 117 cm³/mol. The zero-order valence-electron chi connectivity index (χ0n) is 15.3. The molecule has 0 amide bonds. The van der Waals surface area contributed by atoms with Gasteiger partial charge in [-0.2, -0.15) is 0 Å². The fraction of sp³-hybridized carbons (Fsp3) is 0.316. The maximum Gasteiger partial charge on any atom is 0.193 e. The number of ether oxygens (including phenoxy) is 1. The van der Waals surface area contributed by atoms with Crippen molar-refractivity contribution in [1.82, 2.24) is 0 Å². The maximum atomic E-state index is 14.3. The molecule has 0 radical (unpaired) electrons. The lowest BCUT2D eigenvalue weighted by molar-refractivity contribution is 0.417. The molecule has 0 aromatic heterocycles. The van der Waals surface area contributed by atoms with Crippen molar-refractivity contribution in [2.45, 2.75) is 20.4 Å². The third-order valence-corrected chi connectivity index (χ3v) is 3.92. The number of hydrogen-bond donors (Lipinski definition) is 2. The summed E-state index contributed by atoms with van der Waals surface area (Å²) in [6.45, 7) is 5.83. The molecule has 2 aromatic rings. The number of methoxy groups -OCH3 is 1. The number of rotatable bonds is 7. The number of anilines is 2. The molecule has 0 aliphatic heterocycles. The lowest BCUT2D eigenvalue weighted by Crippen LogP contribution is -2.23. The predicted octanol–water partition coefficient (Wildman–Crippen LogP) is 4.23. The molecule has 0 aliphatic rings. The standard InChI is InChI=1S/C19H25FN4O.HI/c1-4-24(5-2)17-11-10-14(12-15(17)20)13-22-19(21)23-16-8-6-7-9-18(16)25-3;/h6-12H,4-5,13H2,1-3H3,(H3,21,22,23);1H. The maximum absolute atomic E-state index is 14.3. The molecule has 0 bridgehead atoms. The lowest BCUT2D eigenvalue weighted by atomic mass is 10.2. The van der Waals surface area contributed by atoms with Crippen LogP contribution in [0.2, 0.25) is 0 Å². The molecule has 0 atom stereocenters. The Bertz CT molecular complexity index is 735. The Kier molecular flexibility index (Phi) is 9.18. The van der Waals surface area contributed by atoms with Crippen molar-refractivity contribution in [1.29, 1.82) is 0 Å². The van der Waals surface area contributed by atoms with E-state index in [0.29, 0.717) is 18.0 Å². The minimum Gasteiger partial charge on any atom is -0.495 e. The van der Waals surface area contributed by atoms with Crippen LogP contribution >= 0.6 is 24.0 Å². The van der Waals surface area contributed by atoms with Crippen molar-refractivity contribution in [3.8, 4) is 5.75 Å². The number of guanidine groups is 1. The summed E-state index contributed by atoms with van der Waals surface area (Å²) in [5.41, 5.74) is 8.02. The minimum absolute atomic E-state index is 0. The van der Waals surface area contributed by atoms with Gasteiger partial charge in [0.2, 0.25) is 0 Å². The van der Waals surface area contributed by atoms with Gasteiger partial charge in [-0.3, -0.25) is 0 Å². The van der Waals surface area contributed by atoms with Crippen molar-refractivity contribution in [3.05, 3.63) is 53.8 Å². The van der Waals surface area contributed by atoms with Crippen LogP contribution in [0.4, 0.5) is 15.8 Å². The molecule has 0 unspecified atom stereocenters. The Morgan fingerprint density at radius 2 is 1.88 bits per heavy atom. The molecule has 0 fully saturated rings. The van der Waals surface area contributed by atoms with Gasteiger partial charge in [-0.15, -0.1) is 24.0 Å². The number of halogens is 2. The molecule has 2 aromatic carbocycles. The average molecular weight is 472 g/mol. The van der Waals surface area contributed by atoms with Gasteiger partial charge in [0, 0.05) is 13.1 Å². The van der Waals surface area contributed by atoms with Crippen LogP contribution < -0.4 is 20.7 Å². The van der Waals surface area contributed by atoms with Gasteiger partial charge in [-0.05, 0) is 43.7 Å². The van der Waals surface area contributed by atoms with E-state index in [-0.39, 0.29) is 35.8 Å². The summed E-state index contributed by atoms with van der Waals surface area (Å²) in [5.74, 6) is 0.681. The zero-order valence-corrected chi connectivity index (χ0v) is 17.7. The fourth-order valence-corrected chi connectivity index (χ4v) is 2.57. The lowest BCUT2D eigenvalue weighted by Gasteiger charge is -2.21. The van der Waals surface area contributed by atoms with E-state index < -0.39 is 0 Å². The summed E-state index contributed by atoms with van der Waals surface area (Å²) in [6.07, 6.45) is 0. The molecule has 5 nitrogen and oxygen atoms in total. The molecule has 3 N–H and O–H groups in total. The number of aliphatic imine (C=N–C) groups is 1. The van der Waals surface area contributed by atoms with Gasteiger partial charge in [0.1, 0.15) is 11.6 Å². The van der Waals surface area contributed by atoms with Crippen LogP contribution in [0.3, 0.4) is 0 Å². The second kappa shape index (κ2) is 10.8. The second-order valence-electron chi connectivity index (χ2n) is 5.48. The molecule has 142 valence electrons. The first-order valence-corrected chi connectivity index (χ1v) is 8.32. The first-order valence-electron chi connectivity index (χ1n) is 8.32.